The monoisotopic (exact) mass is 1030 g/mol. The zero-order valence-corrected chi connectivity index (χ0v) is 33.6. The first-order valence-electron chi connectivity index (χ1n) is 19.1. The fourth-order valence-corrected chi connectivity index (χ4v) is 7.61. The molecule has 69 heavy (non-hydrogen) atoms. The molecule has 0 amide bonds. The molecule has 28 heteroatoms. The molecular formula is C41H25BF24N2O. The van der Waals surface area contributed by atoms with Gasteiger partial charge in [-0.25, -0.2) is 0 Å². The normalized spacial score (nSPS) is 15.0. The Balaban J connectivity index is 0.000000636. The van der Waals surface area contributed by atoms with E-state index in [-0.39, 0.29) is 0 Å². The summed E-state index contributed by atoms with van der Waals surface area (Å²) in [5, 5.41) is 0. The number of nitrogens with zero attached hydrogens (tertiary/aromatic N) is 2. The third kappa shape index (κ3) is 12.7. The first-order valence-corrected chi connectivity index (χ1v) is 19.1. The van der Waals surface area contributed by atoms with Gasteiger partial charge in [-0.2, -0.15) is 127 Å². The second-order valence-electron chi connectivity index (χ2n) is 15.3. The maximum atomic E-state index is 14.2. The van der Waals surface area contributed by atoms with Crippen LogP contribution in [-0.2, 0) is 49.4 Å². The predicted octanol–water partition coefficient (Wildman–Crippen LogP) is 12.0. The van der Waals surface area contributed by atoms with Gasteiger partial charge in [0, 0.05) is 4.73 Å². The second kappa shape index (κ2) is 18.5. The van der Waals surface area contributed by atoms with Gasteiger partial charge in [-0.3, -0.25) is 9.82 Å². The molecule has 0 N–H and O–H groups in total. The first kappa shape index (κ1) is 54.1. The average molecular weight is 1030 g/mol. The van der Waals surface area contributed by atoms with E-state index in [2.05, 4.69) is 4.98 Å². The van der Waals surface area contributed by atoms with E-state index < -0.39 is 195 Å². The second-order valence-corrected chi connectivity index (χ2v) is 15.3. The van der Waals surface area contributed by atoms with E-state index in [4.69, 9.17) is 4.84 Å². The molecule has 1 aliphatic carbocycles. The Bertz CT molecular complexity index is 2160. The maximum Gasteiger partial charge on any atom is 0.416 e. The van der Waals surface area contributed by atoms with Crippen molar-refractivity contribution in [2.24, 2.45) is 0 Å². The fraction of sp³-hybridized carbons (Fsp3) is 0.317. The van der Waals surface area contributed by atoms with Crippen LogP contribution in [0, 0.1) is 0 Å². The van der Waals surface area contributed by atoms with Crippen molar-refractivity contribution in [2.75, 3.05) is 0 Å². The lowest BCUT2D eigenvalue weighted by Gasteiger charge is -2.46. The summed E-state index contributed by atoms with van der Waals surface area (Å²) in [6, 6.07) is -8.81. The molecule has 4 aromatic carbocycles. The van der Waals surface area contributed by atoms with Crippen molar-refractivity contribution in [3.63, 3.8) is 0 Å². The van der Waals surface area contributed by atoms with Crippen LogP contribution < -0.4 is 31.4 Å². The third-order valence-electron chi connectivity index (χ3n) is 10.6. The average Bonchev–Trinajstić information content (AvgIpc) is 3.72. The van der Waals surface area contributed by atoms with Crippen molar-refractivity contribution in [1.29, 1.82) is 0 Å². The van der Waals surface area contributed by atoms with Gasteiger partial charge in [0.15, 0.2) is 6.10 Å². The molecule has 1 aromatic heterocycles. The smallest absolute Gasteiger partial charge is 0.268 e. The van der Waals surface area contributed by atoms with Crippen LogP contribution in [-0.4, -0.2) is 17.2 Å². The van der Waals surface area contributed by atoms with Gasteiger partial charge in [0.05, 0.1) is 56.9 Å². The molecule has 0 aliphatic heterocycles. The predicted molar refractivity (Wildman–Crippen MR) is 193 cm³/mol. The van der Waals surface area contributed by atoms with Crippen molar-refractivity contribution in [1.82, 2.24) is 4.98 Å². The lowest BCUT2D eigenvalue weighted by molar-refractivity contribution is -0.899. The molecule has 1 fully saturated rings. The van der Waals surface area contributed by atoms with Gasteiger partial charge in [0.2, 0.25) is 12.4 Å². The van der Waals surface area contributed by atoms with Crippen LogP contribution >= 0.6 is 0 Å². The topological polar surface area (TPSA) is 26.0 Å². The molecule has 6 rings (SSSR count). The summed E-state index contributed by atoms with van der Waals surface area (Å²) in [6.45, 7) is 0. The first-order chi connectivity index (χ1) is 31.2. The quantitative estimate of drug-likeness (QED) is 0.0962. The zero-order valence-electron chi connectivity index (χ0n) is 33.6. The molecule has 1 heterocycles. The van der Waals surface area contributed by atoms with Gasteiger partial charge >= 0.3 is 49.4 Å². The summed E-state index contributed by atoms with van der Waals surface area (Å²) in [4.78, 5) is 9.57. The molecule has 376 valence electrons. The Labute approximate surface area is 371 Å². The van der Waals surface area contributed by atoms with Crippen molar-refractivity contribution in [3.8, 4) is 0 Å². The zero-order chi connectivity index (χ0) is 52.1. The van der Waals surface area contributed by atoms with E-state index in [1.54, 1.807) is 17.1 Å². The van der Waals surface area contributed by atoms with E-state index in [0.717, 1.165) is 0 Å². The number of hydrogen-bond acceptors (Lipinski definition) is 2. The van der Waals surface area contributed by atoms with Crippen molar-refractivity contribution in [2.45, 2.75) is 81.2 Å². The Kier molecular flexibility index (Phi) is 14.5. The van der Waals surface area contributed by atoms with E-state index in [1.165, 1.54) is 25.7 Å². The van der Waals surface area contributed by atoms with Crippen LogP contribution in [0.25, 0.3) is 0 Å². The molecule has 3 nitrogen and oxygen atoms in total. The Morgan fingerprint density at radius 1 is 0.348 bits per heavy atom. The molecule has 1 aliphatic rings. The molecule has 0 atom stereocenters. The number of aromatic nitrogens is 2. The number of halogens is 24. The number of hydrogen-bond donors (Lipinski definition) is 0. The minimum atomic E-state index is -6.13. The van der Waals surface area contributed by atoms with Crippen molar-refractivity contribution in [3.05, 3.63) is 142 Å². The number of benzene rings is 4. The van der Waals surface area contributed by atoms with Crippen molar-refractivity contribution >= 4 is 28.0 Å². The Morgan fingerprint density at radius 3 is 0.739 bits per heavy atom. The van der Waals surface area contributed by atoms with Crippen LogP contribution in [0.3, 0.4) is 0 Å². The molecule has 1 saturated carbocycles. The van der Waals surface area contributed by atoms with Crippen LogP contribution in [0.4, 0.5) is 105 Å². The largest absolute Gasteiger partial charge is 0.416 e. The number of rotatable bonds is 6. The lowest BCUT2D eigenvalue weighted by Crippen LogP contribution is -2.75. The standard InChI is InChI=1S/C32H12BF24.C9H13N2O/c34-25(35,36)13-1-14(26(37,38)39)6-21(5-13)33(22-7-15(27(40,41)42)2-16(8-22)28(43,44)45,23-9-17(29(46,47)48)3-18(10-23)30(49,50)51)24-11-19(31(52,53)54)4-20(12-24)32(55,56)57;1-2-4-9(3-1)12-11-7-5-10-6-8-11/h1-12H;5-9H,1-4H2/q-1;+1. The summed E-state index contributed by atoms with van der Waals surface area (Å²) in [5.41, 5.74) is -30.2. The summed E-state index contributed by atoms with van der Waals surface area (Å²) in [5.74, 6) is 0. The SMILES string of the molecule is FC(F)(F)c1cc([B-](c2cc(C(F)(F)F)cc(C(F)(F)F)c2)(c2cc(C(F)(F)F)cc(C(F)(F)F)c2)c2cc(C(F)(F)F)cc(C(F)(F)F)c2)cc(C(F)(F)F)c1.c1c[n+](OC2CCCC2)ccn1. The highest BCUT2D eigenvalue weighted by Gasteiger charge is 2.47. The number of alkyl halides is 24. The summed E-state index contributed by atoms with van der Waals surface area (Å²) in [7, 11) is 0. The summed E-state index contributed by atoms with van der Waals surface area (Å²) in [6.07, 6.45) is -42.3. The van der Waals surface area contributed by atoms with Crippen LogP contribution in [0.2, 0.25) is 0 Å². The molecular weight excluding hydrogens is 1000 g/mol. The minimum absolute atomic E-state index is 0.414. The highest BCUT2D eigenvalue weighted by atomic mass is 19.4. The fourth-order valence-electron chi connectivity index (χ4n) is 7.61. The summed E-state index contributed by atoms with van der Waals surface area (Å²) < 4.78 is 343. The molecule has 0 spiro atoms. The Hall–Kier alpha value is -5.86. The maximum absolute atomic E-state index is 14.2. The van der Waals surface area contributed by atoms with Gasteiger partial charge in [-0.15, -0.1) is 0 Å². The highest BCUT2D eigenvalue weighted by Crippen LogP contribution is 2.41. The van der Waals surface area contributed by atoms with Crippen LogP contribution in [0.5, 0.6) is 0 Å². The van der Waals surface area contributed by atoms with Crippen molar-refractivity contribution < 1.29 is 115 Å². The van der Waals surface area contributed by atoms with Crippen LogP contribution in [0.1, 0.15) is 70.2 Å². The molecule has 0 radical (unpaired) electrons. The summed E-state index contributed by atoms with van der Waals surface area (Å²) >= 11 is 0. The Morgan fingerprint density at radius 2 is 0.551 bits per heavy atom. The molecule has 0 bridgehead atoms. The van der Waals surface area contributed by atoms with Gasteiger partial charge < -0.3 is 0 Å². The minimum Gasteiger partial charge on any atom is -0.268 e. The van der Waals surface area contributed by atoms with Crippen LogP contribution in [0.15, 0.2) is 97.6 Å². The van der Waals surface area contributed by atoms with Gasteiger partial charge in [-0.1, -0.05) is 48.5 Å². The molecule has 0 saturated heterocycles. The van der Waals surface area contributed by atoms with E-state index >= 15 is 0 Å². The lowest BCUT2D eigenvalue weighted by atomic mass is 9.12. The van der Waals surface area contributed by atoms with E-state index in [1.807, 2.05) is 12.4 Å². The van der Waals surface area contributed by atoms with E-state index in [9.17, 15) is 105 Å². The third-order valence-corrected chi connectivity index (χ3v) is 10.6. The van der Waals surface area contributed by atoms with Gasteiger partial charge in [-0.05, 0) is 49.9 Å². The van der Waals surface area contributed by atoms with Gasteiger partial charge in [0.1, 0.15) is 6.15 Å². The highest BCUT2D eigenvalue weighted by molar-refractivity contribution is 7.20. The molecule has 0 unspecified atom stereocenters. The van der Waals surface area contributed by atoms with E-state index in [0.29, 0.717) is 6.10 Å². The van der Waals surface area contributed by atoms with Gasteiger partial charge in [0.25, 0.3) is 0 Å². The molecule has 5 aromatic rings.